The Labute approximate surface area is 141 Å². The summed E-state index contributed by atoms with van der Waals surface area (Å²) in [4.78, 5) is 9.92. The van der Waals surface area contributed by atoms with E-state index in [1.807, 2.05) is 30.1 Å². The van der Waals surface area contributed by atoms with Gasteiger partial charge in [-0.25, -0.2) is 4.98 Å². The standard InChI is InChI=1S/C19H20N2OS/c1-19(2,3)23-17-8-10-20-16-6-5-13(11-15(16)17)14-7-9-21-18(12-14)22-4/h5-12H,1-4H3. The second kappa shape index (κ2) is 6.20. The molecule has 118 valence electrons. The van der Waals surface area contributed by atoms with Crippen molar-refractivity contribution in [3.05, 3.63) is 48.8 Å². The second-order valence-electron chi connectivity index (χ2n) is 6.34. The SMILES string of the molecule is COc1cc(-c2ccc3nccc(SC(C)(C)C)c3c2)ccn1. The Hall–Kier alpha value is -2.07. The lowest BCUT2D eigenvalue weighted by Crippen LogP contribution is -2.06. The van der Waals surface area contributed by atoms with Gasteiger partial charge < -0.3 is 4.74 Å². The maximum absolute atomic E-state index is 5.23. The molecule has 0 saturated heterocycles. The monoisotopic (exact) mass is 324 g/mol. The lowest BCUT2D eigenvalue weighted by Gasteiger charge is -2.19. The molecule has 2 aromatic heterocycles. The quantitative estimate of drug-likeness (QED) is 0.621. The molecule has 0 amide bonds. The molecule has 0 saturated carbocycles. The number of thioether (sulfide) groups is 1. The molecule has 0 aliphatic carbocycles. The summed E-state index contributed by atoms with van der Waals surface area (Å²) in [5.74, 6) is 0.623. The lowest BCUT2D eigenvalue weighted by molar-refractivity contribution is 0.398. The Morgan fingerprint density at radius 1 is 0.913 bits per heavy atom. The largest absolute Gasteiger partial charge is 0.481 e. The van der Waals surface area contributed by atoms with Gasteiger partial charge in [0.1, 0.15) is 0 Å². The fraction of sp³-hybridized carbons (Fsp3) is 0.263. The number of ether oxygens (including phenoxy) is 1. The zero-order valence-electron chi connectivity index (χ0n) is 13.8. The number of hydrogen-bond donors (Lipinski definition) is 0. The molecule has 0 unspecified atom stereocenters. The summed E-state index contributed by atoms with van der Waals surface area (Å²) in [6, 6.07) is 12.4. The molecule has 0 spiro atoms. The van der Waals surface area contributed by atoms with Gasteiger partial charge in [-0.2, -0.15) is 0 Å². The molecule has 3 nitrogen and oxygen atoms in total. The second-order valence-corrected chi connectivity index (χ2v) is 8.21. The van der Waals surface area contributed by atoms with E-state index >= 15 is 0 Å². The van der Waals surface area contributed by atoms with Gasteiger partial charge in [-0.15, -0.1) is 11.8 Å². The number of fused-ring (bicyclic) bond motifs is 1. The minimum absolute atomic E-state index is 0.157. The van der Waals surface area contributed by atoms with Gasteiger partial charge in [-0.3, -0.25) is 4.98 Å². The van der Waals surface area contributed by atoms with Crippen LogP contribution < -0.4 is 4.74 Å². The van der Waals surface area contributed by atoms with E-state index in [0.717, 1.165) is 16.6 Å². The Bertz CT molecular complexity index is 840. The Morgan fingerprint density at radius 3 is 2.39 bits per heavy atom. The molecular weight excluding hydrogens is 304 g/mol. The molecule has 0 bridgehead atoms. The van der Waals surface area contributed by atoms with Gasteiger partial charge in [-0.1, -0.05) is 26.8 Å². The summed E-state index contributed by atoms with van der Waals surface area (Å²) < 4.78 is 5.38. The van der Waals surface area contributed by atoms with Crippen molar-refractivity contribution in [1.82, 2.24) is 9.97 Å². The van der Waals surface area contributed by atoms with E-state index < -0.39 is 0 Å². The topological polar surface area (TPSA) is 35.0 Å². The highest BCUT2D eigenvalue weighted by molar-refractivity contribution is 8.00. The molecule has 4 heteroatoms. The molecule has 0 fully saturated rings. The van der Waals surface area contributed by atoms with Gasteiger partial charge in [0.25, 0.3) is 0 Å². The molecule has 0 N–H and O–H groups in total. The van der Waals surface area contributed by atoms with Crippen molar-refractivity contribution in [1.29, 1.82) is 0 Å². The van der Waals surface area contributed by atoms with E-state index in [0.29, 0.717) is 5.88 Å². The van der Waals surface area contributed by atoms with Gasteiger partial charge in [0.2, 0.25) is 5.88 Å². The minimum atomic E-state index is 0.157. The van der Waals surface area contributed by atoms with E-state index in [9.17, 15) is 0 Å². The van der Waals surface area contributed by atoms with E-state index in [-0.39, 0.29) is 4.75 Å². The van der Waals surface area contributed by atoms with Crippen LogP contribution in [0.5, 0.6) is 5.88 Å². The average Bonchev–Trinajstić information content (AvgIpc) is 2.53. The van der Waals surface area contributed by atoms with Crippen LogP contribution in [0.3, 0.4) is 0 Å². The number of nitrogens with zero attached hydrogens (tertiary/aromatic N) is 2. The predicted octanol–water partition coefficient (Wildman–Crippen LogP) is 5.20. The first-order valence-electron chi connectivity index (χ1n) is 7.54. The van der Waals surface area contributed by atoms with Crippen molar-refractivity contribution in [2.45, 2.75) is 30.4 Å². The van der Waals surface area contributed by atoms with Crippen LogP contribution in [0, 0.1) is 0 Å². The van der Waals surface area contributed by atoms with Crippen LogP contribution in [0.1, 0.15) is 20.8 Å². The minimum Gasteiger partial charge on any atom is -0.481 e. The van der Waals surface area contributed by atoms with Crippen molar-refractivity contribution < 1.29 is 4.74 Å². The third-order valence-corrected chi connectivity index (χ3v) is 4.58. The molecule has 0 aliphatic heterocycles. The highest BCUT2D eigenvalue weighted by Crippen LogP contribution is 2.37. The van der Waals surface area contributed by atoms with Crippen molar-refractivity contribution in [2.24, 2.45) is 0 Å². The van der Waals surface area contributed by atoms with E-state index in [2.05, 4.69) is 55.0 Å². The van der Waals surface area contributed by atoms with Crippen LogP contribution in [0.4, 0.5) is 0 Å². The fourth-order valence-corrected chi connectivity index (χ4v) is 3.48. The molecule has 2 heterocycles. The first-order chi connectivity index (χ1) is 11.0. The van der Waals surface area contributed by atoms with Crippen LogP contribution >= 0.6 is 11.8 Å². The third kappa shape index (κ3) is 3.64. The summed E-state index contributed by atoms with van der Waals surface area (Å²) in [5, 5.41) is 1.18. The number of rotatable bonds is 3. The Morgan fingerprint density at radius 2 is 1.65 bits per heavy atom. The normalized spacial score (nSPS) is 11.7. The summed E-state index contributed by atoms with van der Waals surface area (Å²) >= 11 is 1.86. The summed E-state index contributed by atoms with van der Waals surface area (Å²) in [6.07, 6.45) is 3.65. The lowest BCUT2D eigenvalue weighted by atomic mass is 10.0. The van der Waals surface area contributed by atoms with E-state index in [1.165, 1.54) is 10.3 Å². The Balaban J connectivity index is 2.11. The van der Waals surface area contributed by atoms with E-state index in [1.54, 1.807) is 13.3 Å². The summed E-state index contributed by atoms with van der Waals surface area (Å²) in [7, 11) is 1.63. The molecule has 0 atom stereocenters. The van der Waals surface area contributed by atoms with Crippen LogP contribution in [0.25, 0.3) is 22.0 Å². The average molecular weight is 324 g/mol. The third-order valence-electron chi connectivity index (χ3n) is 3.40. The van der Waals surface area contributed by atoms with Crippen molar-refractivity contribution in [3.63, 3.8) is 0 Å². The summed E-state index contributed by atoms with van der Waals surface area (Å²) in [6.45, 7) is 6.67. The maximum Gasteiger partial charge on any atom is 0.213 e. The molecule has 0 radical (unpaired) electrons. The molecule has 0 aliphatic rings. The number of aromatic nitrogens is 2. The molecule has 3 aromatic rings. The van der Waals surface area contributed by atoms with Crippen LogP contribution in [-0.4, -0.2) is 21.8 Å². The van der Waals surface area contributed by atoms with E-state index in [4.69, 9.17) is 4.74 Å². The number of hydrogen-bond acceptors (Lipinski definition) is 4. The van der Waals surface area contributed by atoms with Gasteiger partial charge in [0.15, 0.2) is 0 Å². The molecule has 1 aromatic carbocycles. The zero-order chi connectivity index (χ0) is 16.4. The molecule has 3 rings (SSSR count). The van der Waals surface area contributed by atoms with Crippen molar-refractivity contribution >= 4 is 22.7 Å². The maximum atomic E-state index is 5.23. The fourth-order valence-electron chi connectivity index (χ4n) is 2.42. The molecular formula is C19H20N2OS. The number of benzene rings is 1. The Kier molecular flexibility index (Phi) is 4.26. The highest BCUT2D eigenvalue weighted by Gasteiger charge is 2.15. The van der Waals surface area contributed by atoms with Gasteiger partial charge >= 0.3 is 0 Å². The van der Waals surface area contributed by atoms with Crippen molar-refractivity contribution in [3.8, 4) is 17.0 Å². The highest BCUT2D eigenvalue weighted by atomic mass is 32.2. The van der Waals surface area contributed by atoms with Crippen LogP contribution in [-0.2, 0) is 0 Å². The predicted molar refractivity (Wildman–Crippen MR) is 97.1 cm³/mol. The van der Waals surface area contributed by atoms with Gasteiger partial charge in [-0.05, 0) is 35.4 Å². The van der Waals surface area contributed by atoms with Gasteiger partial charge in [0, 0.05) is 33.5 Å². The zero-order valence-corrected chi connectivity index (χ0v) is 14.6. The summed E-state index contributed by atoms with van der Waals surface area (Å²) in [5.41, 5.74) is 3.25. The van der Waals surface area contributed by atoms with Crippen LogP contribution in [0.15, 0.2) is 53.7 Å². The first kappa shape index (κ1) is 15.8. The first-order valence-corrected chi connectivity index (χ1v) is 8.36. The smallest absolute Gasteiger partial charge is 0.213 e. The molecule has 23 heavy (non-hydrogen) atoms. The number of methoxy groups -OCH3 is 1. The van der Waals surface area contributed by atoms with Crippen molar-refractivity contribution in [2.75, 3.05) is 7.11 Å². The van der Waals surface area contributed by atoms with Gasteiger partial charge in [0.05, 0.1) is 12.6 Å². The number of pyridine rings is 2. The van der Waals surface area contributed by atoms with Crippen LogP contribution in [0.2, 0.25) is 0 Å².